The van der Waals surface area contributed by atoms with Crippen molar-refractivity contribution in [2.24, 2.45) is 11.7 Å². The minimum atomic E-state index is 0. The van der Waals surface area contributed by atoms with Crippen LogP contribution in [-0.2, 0) is 11.3 Å². The molecular weight excluding hydrogens is 330 g/mol. The third-order valence-corrected chi connectivity index (χ3v) is 5.39. The quantitative estimate of drug-likeness (QED) is 0.888. The molecule has 1 aliphatic rings. The lowest BCUT2D eigenvalue weighted by Crippen LogP contribution is -2.29. The summed E-state index contributed by atoms with van der Waals surface area (Å²) in [5.41, 5.74) is 7.99. The van der Waals surface area contributed by atoms with Crippen molar-refractivity contribution in [1.29, 1.82) is 0 Å². The average molecular weight is 352 g/mol. The van der Waals surface area contributed by atoms with Crippen LogP contribution in [0.2, 0.25) is 0 Å². The zero-order valence-corrected chi connectivity index (χ0v) is 14.8. The Hall–Kier alpha value is -1.43. The van der Waals surface area contributed by atoms with E-state index in [0.29, 0.717) is 6.54 Å². The van der Waals surface area contributed by atoms with E-state index < -0.39 is 0 Å². The smallest absolute Gasteiger partial charge is 0.223 e. The van der Waals surface area contributed by atoms with Gasteiger partial charge >= 0.3 is 0 Å². The largest absolute Gasteiger partial charge is 0.351 e. The molecule has 6 heteroatoms. The monoisotopic (exact) mass is 351 g/mol. The molecule has 1 heterocycles. The van der Waals surface area contributed by atoms with E-state index in [1.165, 1.54) is 0 Å². The highest BCUT2D eigenvalue weighted by Crippen LogP contribution is 2.28. The highest BCUT2D eigenvalue weighted by Gasteiger charge is 2.27. The SMILES string of the molecule is Cc1nc(-c2ccccc2)sc1CNC(=O)C1CCC(N)C1.Cl. The predicted molar refractivity (Wildman–Crippen MR) is 96.7 cm³/mol. The number of nitrogens with zero attached hydrogens (tertiary/aromatic N) is 1. The first-order valence-electron chi connectivity index (χ1n) is 7.68. The second-order valence-corrected chi connectivity index (χ2v) is 6.97. The molecule has 3 rings (SSSR count). The zero-order valence-electron chi connectivity index (χ0n) is 13.1. The van der Waals surface area contributed by atoms with Crippen molar-refractivity contribution < 1.29 is 4.79 Å². The Morgan fingerprint density at radius 3 is 2.74 bits per heavy atom. The van der Waals surface area contributed by atoms with Crippen LogP contribution in [0.5, 0.6) is 0 Å². The Balaban J connectivity index is 0.00000192. The van der Waals surface area contributed by atoms with Crippen molar-refractivity contribution in [2.75, 3.05) is 0 Å². The number of aromatic nitrogens is 1. The van der Waals surface area contributed by atoms with Crippen LogP contribution in [0.25, 0.3) is 10.6 Å². The maximum atomic E-state index is 12.2. The first kappa shape index (κ1) is 17.9. The summed E-state index contributed by atoms with van der Waals surface area (Å²) in [4.78, 5) is 17.9. The molecule has 1 fully saturated rings. The third-order valence-electron chi connectivity index (χ3n) is 4.18. The molecule has 0 spiro atoms. The minimum Gasteiger partial charge on any atom is -0.351 e. The summed E-state index contributed by atoms with van der Waals surface area (Å²) in [6, 6.07) is 10.3. The van der Waals surface area contributed by atoms with E-state index in [9.17, 15) is 4.79 Å². The Bertz CT molecular complexity index is 659. The van der Waals surface area contributed by atoms with E-state index in [1.807, 2.05) is 25.1 Å². The second kappa shape index (κ2) is 7.90. The summed E-state index contributed by atoms with van der Waals surface area (Å²) in [6.07, 6.45) is 2.67. The van der Waals surface area contributed by atoms with Crippen molar-refractivity contribution in [1.82, 2.24) is 10.3 Å². The van der Waals surface area contributed by atoms with Gasteiger partial charge in [0.2, 0.25) is 5.91 Å². The molecule has 0 radical (unpaired) electrons. The number of halogens is 1. The van der Waals surface area contributed by atoms with Crippen molar-refractivity contribution >= 4 is 29.7 Å². The fraction of sp³-hybridized carbons (Fsp3) is 0.412. The molecule has 2 unspecified atom stereocenters. The van der Waals surface area contributed by atoms with Crippen molar-refractivity contribution in [2.45, 2.75) is 38.8 Å². The van der Waals surface area contributed by atoms with E-state index >= 15 is 0 Å². The molecule has 1 aromatic heterocycles. The van der Waals surface area contributed by atoms with Crippen molar-refractivity contribution in [3.63, 3.8) is 0 Å². The minimum absolute atomic E-state index is 0. The highest BCUT2D eigenvalue weighted by molar-refractivity contribution is 7.15. The van der Waals surface area contributed by atoms with Gasteiger partial charge in [0, 0.05) is 22.4 Å². The van der Waals surface area contributed by atoms with Crippen LogP contribution in [0.4, 0.5) is 0 Å². The number of benzene rings is 1. The number of hydrogen-bond acceptors (Lipinski definition) is 4. The number of hydrogen-bond donors (Lipinski definition) is 2. The number of carbonyl (C=O) groups is 1. The van der Waals surface area contributed by atoms with E-state index in [4.69, 9.17) is 5.73 Å². The summed E-state index contributed by atoms with van der Waals surface area (Å²) in [5, 5.41) is 4.05. The predicted octanol–water partition coefficient (Wildman–Crippen LogP) is 3.28. The van der Waals surface area contributed by atoms with Gasteiger partial charge in [0.05, 0.1) is 12.2 Å². The molecule has 2 atom stereocenters. The number of rotatable bonds is 4. The number of nitrogens with two attached hydrogens (primary N) is 1. The summed E-state index contributed by atoms with van der Waals surface area (Å²) >= 11 is 1.65. The van der Waals surface area contributed by atoms with Gasteiger partial charge < -0.3 is 11.1 Å². The van der Waals surface area contributed by atoms with Crippen LogP contribution in [-0.4, -0.2) is 16.9 Å². The van der Waals surface area contributed by atoms with Gasteiger partial charge in [-0.15, -0.1) is 23.7 Å². The molecule has 3 N–H and O–H groups in total. The van der Waals surface area contributed by atoms with E-state index in [2.05, 4.69) is 22.4 Å². The zero-order chi connectivity index (χ0) is 15.5. The first-order valence-corrected chi connectivity index (χ1v) is 8.50. The summed E-state index contributed by atoms with van der Waals surface area (Å²) < 4.78 is 0. The molecule has 0 aliphatic heterocycles. The van der Waals surface area contributed by atoms with Crippen molar-refractivity contribution in [3.05, 3.63) is 40.9 Å². The second-order valence-electron chi connectivity index (χ2n) is 5.88. The molecule has 1 saturated carbocycles. The number of aryl methyl sites for hydroxylation is 1. The summed E-state index contributed by atoms with van der Waals surface area (Å²) in [7, 11) is 0. The lowest BCUT2D eigenvalue weighted by molar-refractivity contribution is -0.124. The fourth-order valence-electron chi connectivity index (χ4n) is 2.86. The lowest BCUT2D eigenvalue weighted by Gasteiger charge is -2.10. The molecule has 4 nitrogen and oxygen atoms in total. The number of amides is 1. The highest BCUT2D eigenvalue weighted by atomic mass is 35.5. The van der Waals surface area contributed by atoms with Gasteiger partial charge in [-0.25, -0.2) is 4.98 Å². The third kappa shape index (κ3) is 4.31. The number of carbonyl (C=O) groups excluding carboxylic acids is 1. The number of thiazole rings is 1. The van der Waals surface area contributed by atoms with Crippen LogP contribution >= 0.6 is 23.7 Å². The topological polar surface area (TPSA) is 68.0 Å². The molecule has 1 aromatic carbocycles. The molecule has 2 aromatic rings. The molecule has 1 amide bonds. The fourth-order valence-corrected chi connectivity index (χ4v) is 3.87. The Morgan fingerprint density at radius 1 is 1.35 bits per heavy atom. The maximum absolute atomic E-state index is 12.2. The molecule has 0 saturated heterocycles. The van der Waals surface area contributed by atoms with Gasteiger partial charge in [-0.3, -0.25) is 4.79 Å². The van der Waals surface area contributed by atoms with Gasteiger partial charge in [0.1, 0.15) is 5.01 Å². The van der Waals surface area contributed by atoms with Gasteiger partial charge in [0.25, 0.3) is 0 Å². The number of nitrogens with one attached hydrogen (secondary N) is 1. The lowest BCUT2D eigenvalue weighted by atomic mass is 10.1. The van der Waals surface area contributed by atoms with Crippen LogP contribution in [0.3, 0.4) is 0 Å². The van der Waals surface area contributed by atoms with Crippen LogP contribution in [0.1, 0.15) is 29.8 Å². The van der Waals surface area contributed by atoms with E-state index in [0.717, 1.165) is 40.4 Å². The van der Waals surface area contributed by atoms with Crippen LogP contribution in [0.15, 0.2) is 30.3 Å². The first-order chi connectivity index (χ1) is 10.6. The van der Waals surface area contributed by atoms with Gasteiger partial charge in [-0.1, -0.05) is 30.3 Å². The Morgan fingerprint density at radius 2 is 2.09 bits per heavy atom. The average Bonchev–Trinajstić information content (AvgIpc) is 3.12. The summed E-state index contributed by atoms with van der Waals surface area (Å²) in [5.74, 6) is 0.207. The van der Waals surface area contributed by atoms with Crippen LogP contribution in [0, 0.1) is 12.8 Å². The van der Waals surface area contributed by atoms with Crippen molar-refractivity contribution in [3.8, 4) is 10.6 Å². The maximum Gasteiger partial charge on any atom is 0.223 e. The van der Waals surface area contributed by atoms with E-state index in [1.54, 1.807) is 11.3 Å². The van der Waals surface area contributed by atoms with Gasteiger partial charge in [0.15, 0.2) is 0 Å². The normalized spacial score (nSPS) is 20.1. The molecule has 23 heavy (non-hydrogen) atoms. The molecule has 124 valence electrons. The van der Waals surface area contributed by atoms with E-state index in [-0.39, 0.29) is 30.3 Å². The Kier molecular flexibility index (Phi) is 6.16. The Labute approximate surface area is 146 Å². The summed E-state index contributed by atoms with van der Waals surface area (Å²) in [6.45, 7) is 2.55. The van der Waals surface area contributed by atoms with Gasteiger partial charge in [-0.2, -0.15) is 0 Å². The standard InChI is InChI=1S/C17H21N3OS.ClH/c1-11-15(10-19-16(21)13-7-8-14(18)9-13)22-17(20-11)12-5-3-2-4-6-12;/h2-6,13-14H,7-10,18H2,1H3,(H,19,21);1H. The van der Waals surface area contributed by atoms with Gasteiger partial charge in [-0.05, 0) is 26.2 Å². The molecule has 0 bridgehead atoms. The molecular formula is C17H22ClN3OS. The van der Waals surface area contributed by atoms with Crippen LogP contribution < -0.4 is 11.1 Å². The molecule has 1 aliphatic carbocycles.